The Bertz CT molecular complexity index is 481. The highest BCUT2D eigenvalue weighted by Gasteiger charge is 2.10. The van der Waals surface area contributed by atoms with E-state index in [1.807, 2.05) is 0 Å². The molecule has 0 aromatic carbocycles. The Morgan fingerprint density at radius 3 is 2.65 bits per heavy atom. The largest absolute Gasteiger partial charge is 0.433 e. The van der Waals surface area contributed by atoms with Gasteiger partial charge in [0.2, 0.25) is 10.0 Å². The highest BCUT2D eigenvalue weighted by Crippen LogP contribution is 2.14. The molecule has 2 N–H and O–H groups in total. The van der Waals surface area contributed by atoms with Crippen molar-refractivity contribution >= 4 is 15.9 Å². The van der Waals surface area contributed by atoms with Gasteiger partial charge in [0.05, 0.1) is 18.9 Å². The van der Waals surface area contributed by atoms with Crippen LogP contribution in [-0.2, 0) is 16.6 Å². The first kappa shape index (κ1) is 13.6. The summed E-state index contributed by atoms with van der Waals surface area (Å²) in [6.07, 6.45) is 1.07. The maximum Gasteiger partial charge on any atom is 0.433 e. The van der Waals surface area contributed by atoms with Crippen LogP contribution in [0.15, 0.2) is 16.5 Å². The van der Waals surface area contributed by atoms with E-state index in [9.17, 15) is 18.5 Å². The molecule has 0 atom stereocenters. The van der Waals surface area contributed by atoms with Gasteiger partial charge in [-0.15, -0.1) is 0 Å². The molecule has 0 saturated heterocycles. The van der Waals surface area contributed by atoms with E-state index in [2.05, 4.69) is 10.0 Å². The number of hydrogen-bond donors (Lipinski definition) is 2. The maximum atomic E-state index is 10.7. The first-order valence-electron chi connectivity index (χ1n) is 4.77. The van der Waals surface area contributed by atoms with Crippen LogP contribution in [0.5, 0.6) is 0 Å². The van der Waals surface area contributed by atoms with Gasteiger partial charge in [0.25, 0.3) is 0 Å². The minimum atomic E-state index is -3.18. The van der Waals surface area contributed by atoms with Crippen LogP contribution < -0.4 is 10.0 Å². The summed E-state index contributed by atoms with van der Waals surface area (Å²) in [6.45, 7) is 0.961. The molecule has 1 aromatic rings. The van der Waals surface area contributed by atoms with Gasteiger partial charge in [-0.3, -0.25) is 10.1 Å². The minimum Gasteiger partial charge on any atom is -0.404 e. The molecule has 0 spiro atoms. The zero-order valence-electron chi connectivity index (χ0n) is 9.17. The second-order valence-corrected chi connectivity index (χ2v) is 5.17. The number of sulfonamides is 1. The standard InChI is InChI=1S/C8H13N3O5S/c1-17(14,15)10-5-4-9-6-7-2-3-8(16-7)11(12)13/h2-3,9-10H,4-6H2,1H3. The van der Waals surface area contributed by atoms with Crippen LogP contribution >= 0.6 is 0 Å². The molecular weight excluding hydrogens is 250 g/mol. The van der Waals surface area contributed by atoms with E-state index in [0.29, 0.717) is 18.8 Å². The summed E-state index contributed by atoms with van der Waals surface area (Å²) in [5.74, 6) is 0.118. The molecule has 1 heterocycles. The third-order valence-electron chi connectivity index (χ3n) is 1.79. The first-order chi connectivity index (χ1) is 7.88. The molecule has 0 unspecified atom stereocenters. The van der Waals surface area contributed by atoms with Crippen LogP contribution in [0.2, 0.25) is 0 Å². The average Bonchev–Trinajstić information content (AvgIpc) is 2.64. The molecule has 8 nitrogen and oxygen atoms in total. The normalized spacial score (nSPS) is 11.6. The van der Waals surface area contributed by atoms with Gasteiger partial charge in [-0.2, -0.15) is 0 Å². The smallest absolute Gasteiger partial charge is 0.404 e. The van der Waals surface area contributed by atoms with Crippen molar-refractivity contribution in [3.8, 4) is 0 Å². The fraction of sp³-hybridized carbons (Fsp3) is 0.500. The van der Waals surface area contributed by atoms with Crippen molar-refractivity contribution in [3.05, 3.63) is 28.0 Å². The molecule has 0 aliphatic rings. The summed E-state index contributed by atoms with van der Waals surface area (Å²) in [5.41, 5.74) is 0. The molecule has 96 valence electrons. The van der Waals surface area contributed by atoms with Crippen LogP contribution in [0, 0.1) is 10.1 Å². The molecule has 0 saturated carbocycles. The number of rotatable bonds is 7. The highest BCUT2D eigenvalue weighted by atomic mass is 32.2. The number of nitrogens with one attached hydrogen (secondary N) is 2. The lowest BCUT2D eigenvalue weighted by Crippen LogP contribution is -2.30. The highest BCUT2D eigenvalue weighted by molar-refractivity contribution is 7.88. The molecule has 9 heteroatoms. The average molecular weight is 263 g/mol. The zero-order chi connectivity index (χ0) is 12.9. The fourth-order valence-electron chi connectivity index (χ4n) is 1.10. The molecule has 0 aliphatic heterocycles. The van der Waals surface area contributed by atoms with Crippen LogP contribution in [0.1, 0.15) is 5.76 Å². The van der Waals surface area contributed by atoms with E-state index < -0.39 is 14.9 Å². The fourth-order valence-corrected chi connectivity index (χ4v) is 1.57. The number of nitro groups is 1. The molecular formula is C8H13N3O5S. The SMILES string of the molecule is CS(=O)(=O)NCCNCc1ccc([N+](=O)[O-])o1. The van der Waals surface area contributed by atoms with Crippen LogP contribution in [-0.4, -0.2) is 32.7 Å². The number of furan rings is 1. The van der Waals surface area contributed by atoms with Gasteiger partial charge in [-0.1, -0.05) is 0 Å². The summed E-state index contributed by atoms with van der Waals surface area (Å²) in [4.78, 5) is 9.70. The molecule has 17 heavy (non-hydrogen) atoms. The van der Waals surface area contributed by atoms with Crippen LogP contribution in [0.25, 0.3) is 0 Å². The van der Waals surface area contributed by atoms with Crippen LogP contribution in [0.3, 0.4) is 0 Å². The Morgan fingerprint density at radius 2 is 2.12 bits per heavy atom. The number of nitrogens with zero attached hydrogens (tertiary/aromatic N) is 1. The predicted octanol–water partition coefficient (Wildman–Crippen LogP) is -0.173. The third kappa shape index (κ3) is 5.43. The van der Waals surface area contributed by atoms with Gasteiger partial charge in [-0.25, -0.2) is 13.1 Å². The van der Waals surface area contributed by atoms with Crippen molar-refractivity contribution in [3.63, 3.8) is 0 Å². The van der Waals surface area contributed by atoms with Gasteiger partial charge in [0, 0.05) is 13.1 Å². The minimum absolute atomic E-state index is 0.252. The van der Waals surface area contributed by atoms with E-state index in [1.165, 1.54) is 12.1 Å². The second kappa shape index (κ2) is 5.75. The molecule has 1 rings (SSSR count). The van der Waals surface area contributed by atoms with Crippen molar-refractivity contribution in [1.82, 2.24) is 10.0 Å². The lowest BCUT2D eigenvalue weighted by molar-refractivity contribution is -0.402. The topological polar surface area (TPSA) is 114 Å². The lowest BCUT2D eigenvalue weighted by atomic mass is 10.4. The Morgan fingerprint density at radius 1 is 1.41 bits per heavy atom. The van der Waals surface area contributed by atoms with Crippen molar-refractivity contribution in [2.45, 2.75) is 6.54 Å². The molecule has 1 aromatic heterocycles. The lowest BCUT2D eigenvalue weighted by Gasteiger charge is -2.02. The van der Waals surface area contributed by atoms with Gasteiger partial charge >= 0.3 is 5.88 Å². The van der Waals surface area contributed by atoms with Gasteiger partial charge < -0.3 is 9.73 Å². The molecule has 0 aliphatic carbocycles. The first-order valence-corrected chi connectivity index (χ1v) is 6.66. The van der Waals surface area contributed by atoms with Gasteiger partial charge in [-0.05, 0) is 6.07 Å². The summed E-state index contributed by atoms with van der Waals surface area (Å²) in [6, 6.07) is 2.76. The van der Waals surface area contributed by atoms with Gasteiger partial charge in [0.15, 0.2) is 0 Å². The summed E-state index contributed by atoms with van der Waals surface area (Å²) in [7, 11) is -3.18. The molecule has 0 bridgehead atoms. The third-order valence-corrected chi connectivity index (χ3v) is 2.52. The van der Waals surface area contributed by atoms with E-state index in [1.54, 1.807) is 0 Å². The predicted molar refractivity (Wildman–Crippen MR) is 59.9 cm³/mol. The molecule has 0 fully saturated rings. The number of hydrogen-bond acceptors (Lipinski definition) is 6. The second-order valence-electron chi connectivity index (χ2n) is 3.34. The van der Waals surface area contributed by atoms with E-state index in [-0.39, 0.29) is 12.4 Å². The molecule has 0 radical (unpaired) electrons. The Balaban J connectivity index is 2.24. The Hall–Kier alpha value is -1.45. The van der Waals surface area contributed by atoms with E-state index >= 15 is 0 Å². The zero-order valence-corrected chi connectivity index (χ0v) is 9.99. The van der Waals surface area contributed by atoms with Crippen molar-refractivity contribution in [2.24, 2.45) is 0 Å². The van der Waals surface area contributed by atoms with Crippen molar-refractivity contribution < 1.29 is 17.8 Å². The van der Waals surface area contributed by atoms with Crippen LogP contribution in [0.4, 0.5) is 5.88 Å². The monoisotopic (exact) mass is 263 g/mol. The summed E-state index contributed by atoms with van der Waals surface area (Å²) >= 11 is 0. The van der Waals surface area contributed by atoms with Gasteiger partial charge in [0.1, 0.15) is 10.7 Å². The Labute approximate surface area is 98.2 Å². The van der Waals surface area contributed by atoms with Crippen molar-refractivity contribution in [1.29, 1.82) is 0 Å². The summed E-state index contributed by atoms with van der Waals surface area (Å²) < 4.78 is 28.6. The quantitative estimate of drug-likeness (QED) is 0.401. The van der Waals surface area contributed by atoms with Crippen molar-refractivity contribution in [2.75, 3.05) is 19.3 Å². The Kier molecular flexibility index (Phi) is 4.61. The summed E-state index contributed by atoms with van der Waals surface area (Å²) in [5, 5.41) is 13.2. The maximum absolute atomic E-state index is 10.7. The molecule has 0 amide bonds. The van der Waals surface area contributed by atoms with E-state index in [0.717, 1.165) is 6.26 Å². The van der Waals surface area contributed by atoms with E-state index in [4.69, 9.17) is 4.42 Å².